The molecule has 0 aliphatic carbocycles. The van der Waals surface area contributed by atoms with E-state index in [1.165, 1.54) is 0 Å². The fourth-order valence-electron chi connectivity index (χ4n) is 4.51. The molecule has 0 radical (unpaired) electrons. The average Bonchev–Trinajstić information content (AvgIpc) is 2.85. The second kappa shape index (κ2) is 19.0. The lowest BCUT2D eigenvalue weighted by atomic mass is 9.88. The standard InChI is InChI=1S/C30H44N2O4.2ClH/c1-7-35-27-17-13-23(14-18-27)29(33)25(21-31(3)4)11-9-10-12-26(22-32(5)6)30(34)24-15-19-28(20-16-24)36-8-2;;/h13-20,25-26H,7-12,21-22H2,1-6H3;2*1H. The summed E-state index contributed by atoms with van der Waals surface area (Å²) in [6.07, 6.45) is 3.41. The fraction of sp³-hybridized carbons (Fsp3) is 0.533. The first kappa shape index (κ1) is 35.9. The molecule has 0 heterocycles. The Morgan fingerprint density at radius 1 is 0.632 bits per heavy atom. The van der Waals surface area contributed by atoms with E-state index in [-0.39, 0.29) is 48.2 Å². The molecule has 2 aromatic carbocycles. The average molecular weight is 570 g/mol. The molecule has 0 N–H and O–H groups in total. The largest absolute Gasteiger partial charge is 0.494 e. The second-order valence-electron chi connectivity index (χ2n) is 9.85. The molecule has 214 valence electrons. The van der Waals surface area contributed by atoms with Crippen LogP contribution < -0.4 is 9.47 Å². The van der Waals surface area contributed by atoms with E-state index in [0.29, 0.717) is 26.3 Å². The van der Waals surface area contributed by atoms with Gasteiger partial charge in [0.1, 0.15) is 11.5 Å². The van der Waals surface area contributed by atoms with Gasteiger partial charge < -0.3 is 19.3 Å². The third-order valence-electron chi connectivity index (χ3n) is 6.17. The van der Waals surface area contributed by atoms with Crippen molar-refractivity contribution in [2.75, 3.05) is 54.5 Å². The number of carbonyl (C=O) groups excluding carboxylic acids is 2. The molecule has 0 saturated heterocycles. The minimum absolute atomic E-state index is 0. The number of nitrogens with zero attached hydrogens (tertiary/aromatic N) is 2. The minimum atomic E-state index is -0.0768. The number of halogens is 2. The van der Waals surface area contributed by atoms with Gasteiger partial charge >= 0.3 is 0 Å². The summed E-state index contributed by atoms with van der Waals surface area (Å²) in [5.74, 6) is 1.74. The maximum absolute atomic E-state index is 13.3. The summed E-state index contributed by atoms with van der Waals surface area (Å²) >= 11 is 0. The molecule has 0 aliphatic heterocycles. The first-order valence-electron chi connectivity index (χ1n) is 13.1. The summed E-state index contributed by atoms with van der Waals surface area (Å²) in [5, 5.41) is 0. The van der Waals surface area contributed by atoms with Crippen LogP contribution in [-0.4, -0.2) is 75.9 Å². The van der Waals surface area contributed by atoms with Crippen molar-refractivity contribution in [3.05, 3.63) is 59.7 Å². The van der Waals surface area contributed by atoms with Crippen LogP contribution in [0.25, 0.3) is 0 Å². The van der Waals surface area contributed by atoms with E-state index >= 15 is 0 Å². The van der Waals surface area contributed by atoms with Crippen LogP contribution in [0.4, 0.5) is 0 Å². The Kier molecular flexibility index (Phi) is 18.0. The van der Waals surface area contributed by atoms with E-state index in [4.69, 9.17) is 9.47 Å². The van der Waals surface area contributed by atoms with Crippen LogP contribution in [0, 0.1) is 11.8 Å². The number of ketones is 2. The second-order valence-corrected chi connectivity index (χ2v) is 9.85. The van der Waals surface area contributed by atoms with Crippen molar-refractivity contribution in [1.29, 1.82) is 0 Å². The molecular formula is C30H46Cl2N2O4. The lowest BCUT2D eigenvalue weighted by molar-refractivity contribution is 0.0867. The van der Waals surface area contributed by atoms with Gasteiger partial charge in [-0.3, -0.25) is 9.59 Å². The highest BCUT2D eigenvalue weighted by atomic mass is 35.5. The van der Waals surface area contributed by atoms with Crippen molar-refractivity contribution in [3.63, 3.8) is 0 Å². The monoisotopic (exact) mass is 568 g/mol. The molecule has 8 heteroatoms. The molecule has 0 spiro atoms. The summed E-state index contributed by atoms with van der Waals surface area (Å²) in [4.78, 5) is 30.6. The predicted molar refractivity (Wildman–Crippen MR) is 161 cm³/mol. The predicted octanol–water partition coefficient (Wildman–Crippen LogP) is 6.31. The number of carbonyl (C=O) groups is 2. The third-order valence-corrected chi connectivity index (χ3v) is 6.17. The lowest BCUT2D eigenvalue weighted by Gasteiger charge is -2.22. The van der Waals surface area contributed by atoms with Crippen LogP contribution in [-0.2, 0) is 0 Å². The van der Waals surface area contributed by atoms with Gasteiger partial charge in [0.2, 0.25) is 0 Å². The van der Waals surface area contributed by atoms with Crippen LogP contribution in [0.1, 0.15) is 60.2 Å². The number of hydrogen-bond donors (Lipinski definition) is 0. The Hall–Kier alpha value is -2.12. The molecule has 0 fully saturated rings. The maximum Gasteiger partial charge on any atom is 0.167 e. The van der Waals surface area contributed by atoms with Gasteiger partial charge in [0, 0.05) is 36.1 Å². The zero-order valence-corrected chi connectivity index (χ0v) is 25.4. The maximum atomic E-state index is 13.3. The summed E-state index contributed by atoms with van der Waals surface area (Å²) in [6, 6.07) is 14.9. The Morgan fingerprint density at radius 2 is 0.947 bits per heavy atom. The van der Waals surface area contributed by atoms with Gasteiger partial charge in [0.05, 0.1) is 13.2 Å². The Bertz CT molecular complexity index is 857. The van der Waals surface area contributed by atoms with Gasteiger partial charge in [-0.15, -0.1) is 24.8 Å². The van der Waals surface area contributed by atoms with E-state index in [0.717, 1.165) is 48.3 Å². The van der Waals surface area contributed by atoms with Gasteiger partial charge in [-0.1, -0.05) is 12.8 Å². The van der Waals surface area contributed by atoms with Gasteiger partial charge in [-0.25, -0.2) is 0 Å². The first-order chi connectivity index (χ1) is 17.2. The topological polar surface area (TPSA) is 59.1 Å². The zero-order valence-electron chi connectivity index (χ0n) is 23.8. The number of ether oxygens (including phenoxy) is 2. The van der Waals surface area contributed by atoms with Gasteiger partial charge in [0.25, 0.3) is 0 Å². The van der Waals surface area contributed by atoms with E-state index in [1.807, 2.05) is 90.6 Å². The van der Waals surface area contributed by atoms with E-state index in [9.17, 15) is 9.59 Å². The number of rotatable bonds is 17. The third kappa shape index (κ3) is 12.2. The highest BCUT2D eigenvalue weighted by Crippen LogP contribution is 2.23. The van der Waals surface area contributed by atoms with Crippen molar-refractivity contribution >= 4 is 36.4 Å². The summed E-state index contributed by atoms with van der Waals surface area (Å²) in [5.41, 5.74) is 1.45. The Balaban J connectivity index is 0.00000684. The smallest absolute Gasteiger partial charge is 0.167 e. The number of benzene rings is 2. The van der Waals surface area contributed by atoms with Crippen molar-refractivity contribution in [1.82, 2.24) is 9.80 Å². The Morgan fingerprint density at radius 3 is 1.21 bits per heavy atom. The molecule has 0 aliphatic rings. The lowest BCUT2D eigenvalue weighted by Crippen LogP contribution is -2.29. The molecule has 0 saturated carbocycles. The molecule has 0 amide bonds. The van der Waals surface area contributed by atoms with Crippen molar-refractivity contribution in [3.8, 4) is 11.5 Å². The molecule has 38 heavy (non-hydrogen) atoms. The number of hydrogen-bond acceptors (Lipinski definition) is 6. The van der Waals surface area contributed by atoms with Gasteiger partial charge in [0.15, 0.2) is 11.6 Å². The SMILES string of the molecule is CCOc1ccc(C(=O)C(CCCCC(CN(C)C)C(=O)c2ccc(OCC)cc2)CN(C)C)cc1.Cl.Cl. The fourth-order valence-corrected chi connectivity index (χ4v) is 4.51. The highest BCUT2D eigenvalue weighted by molar-refractivity contribution is 5.98. The first-order valence-corrected chi connectivity index (χ1v) is 13.1. The number of Topliss-reactive ketones (excluding diaryl/α,β-unsaturated/α-hetero) is 2. The molecule has 2 unspecified atom stereocenters. The zero-order chi connectivity index (χ0) is 26.5. The van der Waals surface area contributed by atoms with Crippen LogP contribution in [0.15, 0.2) is 48.5 Å². The van der Waals surface area contributed by atoms with Crippen LogP contribution >= 0.6 is 24.8 Å². The van der Waals surface area contributed by atoms with Crippen molar-refractivity contribution in [2.24, 2.45) is 11.8 Å². The highest BCUT2D eigenvalue weighted by Gasteiger charge is 2.23. The molecule has 2 rings (SSSR count). The quantitative estimate of drug-likeness (QED) is 0.164. The van der Waals surface area contributed by atoms with Crippen LogP contribution in [0.3, 0.4) is 0 Å². The molecule has 0 aromatic heterocycles. The molecule has 2 atom stereocenters. The molecule has 6 nitrogen and oxygen atoms in total. The van der Waals surface area contributed by atoms with E-state index < -0.39 is 0 Å². The van der Waals surface area contributed by atoms with Crippen molar-refractivity contribution < 1.29 is 19.1 Å². The summed E-state index contributed by atoms with van der Waals surface area (Å²) in [7, 11) is 8.00. The summed E-state index contributed by atoms with van der Waals surface area (Å²) in [6.45, 7) is 6.51. The van der Waals surface area contributed by atoms with Gasteiger partial charge in [-0.2, -0.15) is 0 Å². The summed E-state index contributed by atoms with van der Waals surface area (Å²) < 4.78 is 11.0. The minimum Gasteiger partial charge on any atom is -0.494 e. The Labute approximate surface area is 241 Å². The molecule has 0 bridgehead atoms. The molecule has 2 aromatic rings. The van der Waals surface area contributed by atoms with Crippen LogP contribution in [0.5, 0.6) is 11.5 Å². The molecular weight excluding hydrogens is 523 g/mol. The van der Waals surface area contributed by atoms with Crippen LogP contribution in [0.2, 0.25) is 0 Å². The number of unbranched alkanes of at least 4 members (excludes halogenated alkanes) is 1. The van der Waals surface area contributed by atoms with E-state index in [2.05, 4.69) is 9.80 Å². The van der Waals surface area contributed by atoms with Gasteiger partial charge in [-0.05, 0) is 103 Å². The van der Waals surface area contributed by atoms with E-state index in [1.54, 1.807) is 0 Å². The van der Waals surface area contributed by atoms with Crippen molar-refractivity contribution in [2.45, 2.75) is 39.5 Å². The normalized spacial score (nSPS) is 12.3.